The summed E-state index contributed by atoms with van der Waals surface area (Å²) >= 11 is 0. The maximum Gasteiger partial charge on any atom is 0.0252 e. The molecule has 0 bridgehead atoms. The molecule has 1 heterocycles. The highest BCUT2D eigenvalue weighted by molar-refractivity contribution is 5.85. The van der Waals surface area contributed by atoms with E-state index in [0.717, 1.165) is 19.6 Å². The van der Waals surface area contributed by atoms with Crippen molar-refractivity contribution in [3.05, 3.63) is 48.0 Å². The van der Waals surface area contributed by atoms with Crippen LogP contribution < -0.4 is 5.32 Å². The number of hydrogen-bond donors (Lipinski definition) is 1. The van der Waals surface area contributed by atoms with Gasteiger partial charge in [-0.1, -0.05) is 42.5 Å². The summed E-state index contributed by atoms with van der Waals surface area (Å²) in [7, 11) is 0. The van der Waals surface area contributed by atoms with E-state index >= 15 is 0 Å². The third-order valence-electron chi connectivity index (χ3n) is 4.15. The van der Waals surface area contributed by atoms with Crippen LogP contribution in [0.25, 0.3) is 10.8 Å². The first-order valence-electron chi connectivity index (χ1n) is 7.58. The van der Waals surface area contributed by atoms with E-state index in [1.54, 1.807) is 0 Å². The van der Waals surface area contributed by atoms with Gasteiger partial charge in [-0.25, -0.2) is 0 Å². The molecule has 0 amide bonds. The van der Waals surface area contributed by atoms with Gasteiger partial charge in [0.1, 0.15) is 0 Å². The van der Waals surface area contributed by atoms with Gasteiger partial charge in [0.05, 0.1) is 0 Å². The first kappa shape index (κ1) is 13.6. The van der Waals surface area contributed by atoms with E-state index in [2.05, 4.69) is 66.5 Å². The van der Waals surface area contributed by atoms with Gasteiger partial charge in [0.2, 0.25) is 0 Å². The van der Waals surface area contributed by atoms with E-state index in [-0.39, 0.29) is 5.54 Å². The van der Waals surface area contributed by atoms with Crippen LogP contribution in [-0.4, -0.2) is 30.1 Å². The Labute approximate surface area is 121 Å². The van der Waals surface area contributed by atoms with E-state index in [1.165, 1.54) is 29.3 Å². The minimum atomic E-state index is 0.209. The molecule has 2 aromatic rings. The Balaban J connectivity index is 1.85. The molecule has 2 nitrogen and oxygen atoms in total. The van der Waals surface area contributed by atoms with Crippen LogP contribution in [0.1, 0.15) is 25.8 Å². The molecule has 0 saturated carbocycles. The molecular formula is C18H24N2. The van der Waals surface area contributed by atoms with Crippen LogP contribution in [0.15, 0.2) is 42.5 Å². The summed E-state index contributed by atoms with van der Waals surface area (Å²) in [4.78, 5) is 2.59. The second-order valence-corrected chi connectivity index (χ2v) is 6.51. The van der Waals surface area contributed by atoms with Crippen LogP contribution in [0.2, 0.25) is 0 Å². The fourth-order valence-corrected chi connectivity index (χ4v) is 3.23. The molecule has 2 heteroatoms. The van der Waals surface area contributed by atoms with Crippen LogP contribution in [0.5, 0.6) is 0 Å². The quantitative estimate of drug-likeness (QED) is 0.898. The topological polar surface area (TPSA) is 15.3 Å². The van der Waals surface area contributed by atoms with Gasteiger partial charge in [0.15, 0.2) is 0 Å². The summed E-state index contributed by atoms with van der Waals surface area (Å²) in [5.74, 6) is 0. The van der Waals surface area contributed by atoms with Crippen LogP contribution in [-0.2, 0) is 6.54 Å². The third kappa shape index (κ3) is 3.02. The molecule has 0 atom stereocenters. The average Bonchev–Trinajstić information content (AvgIpc) is 2.60. The average molecular weight is 268 g/mol. The second-order valence-electron chi connectivity index (χ2n) is 6.51. The zero-order valence-corrected chi connectivity index (χ0v) is 12.5. The minimum Gasteiger partial charge on any atom is -0.310 e. The molecule has 0 aliphatic carbocycles. The zero-order valence-electron chi connectivity index (χ0n) is 12.5. The molecule has 1 aliphatic rings. The molecule has 20 heavy (non-hydrogen) atoms. The van der Waals surface area contributed by atoms with Crippen molar-refractivity contribution in [1.82, 2.24) is 10.2 Å². The van der Waals surface area contributed by atoms with Gasteiger partial charge in [-0.2, -0.15) is 0 Å². The van der Waals surface area contributed by atoms with Crippen molar-refractivity contribution in [2.24, 2.45) is 0 Å². The van der Waals surface area contributed by atoms with Gasteiger partial charge in [0.25, 0.3) is 0 Å². The number of nitrogens with zero attached hydrogens (tertiary/aromatic N) is 1. The standard InChI is InChI=1S/C18H24N2/c1-18(2)14-20(12-6-11-19-18)13-16-9-5-8-15-7-3-4-10-17(15)16/h3-5,7-10,19H,6,11-14H2,1-2H3. The molecule has 3 rings (SSSR count). The second kappa shape index (κ2) is 5.55. The molecule has 1 saturated heterocycles. The molecule has 2 aromatic carbocycles. The van der Waals surface area contributed by atoms with Crippen molar-refractivity contribution in [3.8, 4) is 0 Å². The van der Waals surface area contributed by atoms with Crippen molar-refractivity contribution in [2.45, 2.75) is 32.4 Å². The lowest BCUT2D eigenvalue weighted by molar-refractivity contribution is 0.224. The van der Waals surface area contributed by atoms with Crippen molar-refractivity contribution in [3.63, 3.8) is 0 Å². The summed E-state index contributed by atoms with van der Waals surface area (Å²) < 4.78 is 0. The van der Waals surface area contributed by atoms with Gasteiger partial charge in [-0.05, 0) is 49.7 Å². The van der Waals surface area contributed by atoms with E-state index in [1.807, 2.05) is 0 Å². The maximum absolute atomic E-state index is 3.63. The Morgan fingerprint density at radius 3 is 2.80 bits per heavy atom. The van der Waals surface area contributed by atoms with Gasteiger partial charge in [-0.15, -0.1) is 0 Å². The smallest absolute Gasteiger partial charge is 0.0252 e. The van der Waals surface area contributed by atoms with Crippen LogP contribution in [0.4, 0.5) is 0 Å². The summed E-state index contributed by atoms with van der Waals surface area (Å²) in [6.07, 6.45) is 1.23. The molecule has 106 valence electrons. The summed E-state index contributed by atoms with van der Waals surface area (Å²) in [5.41, 5.74) is 1.65. The Kier molecular flexibility index (Phi) is 3.77. The Morgan fingerprint density at radius 1 is 1.10 bits per heavy atom. The minimum absolute atomic E-state index is 0.209. The molecule has 1 fully saturated rings. The zero-order chi connectivity index (χ0) is 14.0. The Morgan fingerprint density at radius 2 is 1.90 bits per heavy atom. The lowest BCUT2D eigenvalue weighted by Gasteiger charge is -2.30. The van der Waals surface area contributed by atoms with E-state index in [9.17, 15) is 0 Å². The Hall–Kier alpha value is -1.38. The summed E-state index contributed by atoms with van der Waals surface area (Å²) in [5, 5.41) is 6.37. The molecule has 1 aliphatic heterocycles. The van der Waals surface area contributed by atoms with Gasteiger partial charge >= 0.3 is 0 Å². The first-order chi connectivity index (χ1) is 9.64. The molecule has 1 N–H and O–H groups in total. The Bertz CT molecular complexity index is 583. The maximum atomic E-state index is 3.63. The fraction of sp³-hybridized carbons (Fsp3) is 0.444. The number of nitrogens with one attached hydrogen (secondary N) is 1. The highest BCUT2D eigenvalue weighted by Crippen LogP contribution is 2.21. The molecule has 0 aromatic heterocycles. The SMILES string of the molecule is CC1(C)CN(Cc2cccc3ccccc23)CCCN1. The third-order valence-corrected chi connectivity index (χ3v) is 4.15. The monoisotopic (exact) mass is 268 g/mol. The number of fused-ring (bicyclic) bond motifs is 1. The summed E-state index contributed by atoms with van der Waals surface area (Å²) in [6.45, 7) is 9.06. The van der Waals surface area contributed by atoms with E-state index in [0.29, 0.717) is 0 Å². The van der Waals surface area contributed by atoms with Crippen molar-refractivity contribution in [2.75, 3.05) is 19.6 Å². The van der Waals surface area contributed by atoms with Crippen LogP contribution in [0, 0.1) is 0 Å². The molecular weight excluding hydrogens is 244 g/mol. The highest BCUT2D eigenvalue weighted by atomic mass is 15.2. The van der Waals surface area contributed by atoms with E-state index < -0.39 is 0 Å². The molecule has 0 radical (unpaired) electrons. The van der Waals surface area contributed by atoms with E-state index in [4.69, 9.17) is 0 Å². The number of hydrogen-bond acceptors (Lipinski definition) is 2. The molecule has 0 unspecified atom stereocenters. The largest absolute Gasteiger partial charge is 0.310 e. The van der Waals surface area contributed by atoms with Gasteiger partial charge in [0, 0.05) is 18.6 Å². The van der Waals surface area contributed by atoms with Gasteiger partial charge < -0.3 is 5.32 Å². The normalized spacial score (nSPS) is 19.9. The van der Waals surface area contributed by atoms with Crippen molar-refractivity contribution >= 4 is 10.8 Å². The predicted octanol–water partition coefficient (Wildman–Crippen LogP) is 3.41. The number of rotatable bonds is 2. The van der Waals surface area contributed by atoms with Crippen molar-refractivity contribution in [1.29, 1.82) is 0 Å². The summed E-state index contributed by atoms with van der Waals surface area (Å²) in [6, 6.07) is 15.3. The predicted molar refractivity (Wildman–Crippen MR) is 85.9 cm³/mol. The first-order valence-corrected chi connectivity index (χ1v) is 7.58. The number of benzene rings is 2. The molecule has 0 spiro atoms. The lowest BCUT2D eigenvalue weighted by atomic mass is 10.0. The van der Waals surface area contributed by atoms with Crippen LogP contribution in [0.3, 0.4) is 0 Å². The highest BCUT2D eigenvalue weighted by Gasteiger charge is 2.24. The van der Waals surface area contributed by atoms with Gasteiger partial charge in [-0.3, -0.25) is 4.90 Å². The van der Waals surface area contributed by atoms with Crippen molar-refractivity contribution < 1.29 is 0 Å². The fourth-order valence-electron chi connectivity index (χ4n) is 3.23. The lowest BCUT2D eigenvalue weighted by Crippen LogP contribution is -2.46. The van der Waals surface area contributed by atoms with Crippen LogP contribution >= 0.6 is 0 Å².